The number of thiazole rings is 1. The molecule has 0 fully saturated rings. The second-order valence-corrected chi connectivity index (χ2v) is 9.21. The number of nitrogens with one attached hydrogen (secondary N) is 1. The van der Waals surface area contributed by atoms with Crippen LogP contribution in [0.15, 0.2) is 71.0 Å². The molecule has 3 N–H and O–H groups in total. The van der Waals surface area contributed by atoms with Crippen molar-refractivity contribution < 1.29 is 9.53 Å². The minimum atomic E-state index is -0.486. The molecule has 10 nitrogen and oxygen atoms in total. The first-order chi connectivity index (χ1) is 18.4. The van der Waals surface area contributed by atoms with Crippen molar-refractivity contribution in [2.75, 3.05) is 17.7 Å². The summed E-state index contributed by atoms with van der Waals surface area (Å²) in [4.78, 5) is 39.6. The molecule has 0 aliphatic rings. The summed E-state index contributed by atoms with van der Waals surface area (Å²) in [5.41, 5.74) is 10.0. The molecule has 0 radical (unpaired) electrons. The van der Waals surface area contributed by atoms with E-state index in [4.69, 9.17) is 10.5 Å². The highest BCUT2D eigenvalue weighted by atomic mass is 32.1. The van der Waals surface area contributed by atoms with Crippen molar-refractivity contribution in [3.05, 3.63) is 87.8 Å². The Labute approximate surface area is 222 Å². The van der Waals surface area contributed by atoms with Crippen LogP contribution in [0.4, 0.5) is 11.5 Å². The molecule has 1 amide bonds. The van der Waals surface area contributed by atoms with E-state index in [0.717, 1.165) is 5.56 Å². The minimum Gasteiger partial charge on any atom is -0.470 e. The summed E-state index contributed by atoms with van der Waals surface area (Å²) in [7, 11) is 1.75. The summed E-state index contributed by atoms with van der Waals surface area (Å²) < 4.78 is 8.59. The topological polar surface area (TPSA) is 130 Å². The molecule has 3 aromatic heterocycles. The molecule has 3 heterocycles. The van der Waals surface area contributed by atoms with E-state index >= 15 is 0 Å². The molecule has 2 aromatic carbocycles. The Morgan fingerprint density at radius 2 is 1.82 bits per heavy atom. The van der Waals surface area contributed by atoms with Crippen LogP contribution in [0.3, 0.4) is 0 Å². The third kappa shape index (κ3) is 4.66. The number of aromatic nitrogens is 5. The Bertz CT molecular complexity index is 1670. The first-order valence-corrected chi connectivity index (χ1v) is 12.7. The molecule has 11 heteroatoms. The molecule has 38 heavy (non-hydrogen) atoms. The summed E-state index contributed by atoms with van der Waals surface area (Å²) in [6.45, 7) is 4.17. The average molecular weight is 528 g/mol. The van der Waals surface area contributed by atoms with Crippen molar-refractivity contribution in [2.45, 2.75) is 13.8 Å². The lowest BCUT2D eigenvalue weighted by molar-refractivity contribution is 0.102. The lowest BCUT2D eigenvalue weighted by Gasteiger charge is -2.08. The van der Waals surface area contributed by atoms with Crippen molar-refractivity contribution in [1.29, 1.82) is 0 Å². The molecule has 5 aromatic rings. The van der Waals surface area contributed by atoms with Crippen LogP contribution in [-0.2, 0) is 7.05 Å². The number of amides is 1. The molecule has 192 valence electrons. The van der Waals surface area contributed by atoms with Gasteiger partial charge in [0.1, 0.15) is 28.5 Å². The van der Waals surface area contributed by atoms with Crippen molar-refractivity contribution >= 4 is 28.7 Å². The van der Waals surface area contributed by atoms with Gasteiger partial charge in [-0.05, 0) is 38.1 Å². The SMILES string of the molecule is CCOc1nc(-c2cnc(N)c(-c3ccc(NC(=O)c4c(C)n(C)n(-c5ccccc5)c4=O)cc3)n2)cs1. The highest BCUT2D eigenvalue weighted by Crippen LogP contribution is 2.29. The second-order valence-electron chi connectivity index (χ2n) is 8.39. The van der Waals surface area contributed by atoms with Crippen LogP contribution in [0.2, 0.25) is 0 Å². The number of benzene rings is 2. The Balaban J connectivity index is 1.39. The van der Waals surface area contributed by atoms with E-state index < -0.39 is 5.91 Å². The quantitative estimate of drug-likeness (QED) is 0.323. The maximum Gasteiger partial charge on any atom is 0.284 e. The molecule has 0 saturated carbocycles. The Kier molecular flexibility index (Phi) is 6.75. The number of carbonyl (C=O) groups excluding carboxylic acids is 1. The van der Waals surface area contributed by atoms with Crippen LogP contribution >= 0.6 is 11.3 Å². The monoisotopic (exact) mass is 527 g/mol. The number of nitrogens with two attached hydrogens (primary N) is 1. The van der Waals surface area contributed by atoms with Crippen LogP contribution < -0.4 is 21.3 Å². The highest BCUT2D eigenvalue weighted by molar-refractivity contribution is 7.11. The first kappa shape index (κ1) is 24.9. The van der Waals surface area contributed by atoms with Gasteiger partial charge in [0.15, 0.2) is 0 Å². The van der Waals surface area contributed by atoms with Gasteiger partial charge >= 0.3 is 0 Å². The number of carbonyl (C=O) groups is 1. The van der Waals surface area contributed by atoms with Gasteiger partial charge in [0.25, 0.3) is 16.7 Å². The first-order valence-electron chi connectivity index (χ1n) is 11.8. The Morgan fingerprint density at radius 3 is 2.53 bits per heavy atom. The van der Waals surface area contributed by atoms with Gasteiger partial charge in [-0.25, -0.2) is 19.6 Å². The summed E-state index contributed by atoms with van der Waals surface area (Å²) in [5, 5.41) is 5.24. The zero-order chi connectivity index (χ0) is 26.8. The van der Waals surface area contributed by atoms with Gasteiger partial charge in [-0.1, -0.05) is 41.7 Å². The van der Waals surface area contributed by atoms with Crippen LogP contribution in [0, 0.1) is 6.92 Å². The van der Waals surface area contributed by atoms with E-state index in [0.29, 0.717) is 46.0 Å². The molecule has 0 unspecified atom stereocenters. The van der Waals surface area contributed by atoms with Crippen molar-refractivity contribution in [2.24, 2.45) is 7.05 Å². The zero-order valence-electron chi connectivity index (χ0n) is 21.0. The number of nitrogen functional groups attached to an aromatic ring is 1. The fourth-order valence-electron chi connectivity index (χ4n) is 4.03. The number of hydrogen-bond donors (Lipinski definition) is 2. The van der Waals surface area contributed by atoms with Gasteiger partial charge in [0.05, 0.1) is 24.2 Å². The minimum absolute atomic E-state index is 0.0814. The van der Waals surface area contributed by atoms with Gasteiger partial charge in [-0.3, -0.25) is 14.3 Å². The van der Waals surface area contributed by atoms with Crippen LogP contribution in [-0.4, -0.2) is 36.8 Å². The molecule has 5 rings (SSSR count). The van der Waals surface area contributed by atoms with Crippen molar-refractivity contribution in [3.8, 4) is 33.5 Å². The number of hydrogen-bond acceptors (Lipinski definition) is 8. The maximum atomic E-state index is 13.1. The summed E-state index contributed by atoms with van der Waals surface area (Å²) in [6, 6.07) is 16.2. The van der Waals surface area contributed by atoms with Gasteiger partial charge in [-0.15, -0.1) is 0 Å². The predicted molar refractivity (Wildman–Crippen MR) is 148 cm³/mol. The number of rotatable bonds is 7. The number of anilines is 2. The summed E-state index contributed by atoms with van der Waals surface area (Å²) in [6.07, 6.45) is 1.57. The number of ether oxygens (including phenoxy) is 1. The fourth-order valence-corrected chi connectivity index (χ4v) is 4.76. The number of para-hydroxylation sites is 1. The lowest BCUT2D eigenvalue weighted by atomic mass is 10.1. The molecule has 0 aliphatic carbocycles. The van der Waals surface area contributed by atoms with Crippen LogP contribution in [0.5, 0.6) is 5.19 Å². The molecule has 0 aliphatic heterocycles. The third-order valence-electron chi connectivity index (χ3n) is 6.01. The van der Waals surface area contributed by atoms with Crippen molar-refractivity contribution in [1.82, 2.24) is 24.3 Å². The third-order valence-corrected chi connectivity index (χ3v) is 6.76. The average Bonchev–Trinajstić information content (AvgIpc) is 3.47. The highest BCUT2D eigenvalue weighted by Gasteiger charge is 2.22. The normalized spacial score (nSPS) is 10.9. The van der Waals surface area contributed by atoms with E-state index in [1.807, 2.05) is 42.6 Å². The van der Waals surface area contributed by atoms with E-state index in [-0.39, 0.29) is 16.9 Å². The molecule has 0 atom stereocenters. The summed E-state index contributed by atoms with van der Waals surface area (Å²) in [5.74, 6) is -0.215. The molecule has 0 spiro atoms. The smallest absolute Gasteiger partial charge is 0.284 e. The van der Waals surface area contributed by atoms with Gasteiger partial charge in [0, 0.05) is 23.7 Å². The van der Waals surface area contributed by atoms with E-state index in [2.05, 4.69) is 20.3 Å². The van der Waals surface area contributed by atoms with Gasteiger partial charge < -0.3 is 15.8 Å². The predicted octanol–water partition coefficient (Wildman–Crippen LogP) is 4.30. The molecular weight excluding hydrogens is 502 g/mol. The molecular formula is C27H25N7O3S. The van der Waals surface area contributed by atoms with Gasteiger partial charge in [0.2, 0.25) is 0 Å². The summed E-state index contributed by atoms with van der Waals surface area (Å²) >= 11 is 1.39. The Morgan fingerprint density at radius 1 is 1.08 bits per heavy atom. The van der Waals surface area contributed by atoms with Crippen LogP contribution in [0.1, 0.15) is 23.0 Å². The van der Waals surface area contributed by atoms with Crippen LogP contribution in [0.25, 0.3) is 28.3 Å². The van der Waals surface area contributed by atoms with E-state index in [1.54, 1.807) is 49.1 Å². The van der Waals surface area contributed by atoms with Crippen molar-refractivity contribution in [3.63, 3.8) is 0 Å². The van der Waals surface area contributed by atoms with E-state index in [9.17, 15) is 9.59 Å². The van der Waals surface area contributed by atoms with Gasteiger partial charge in [-0.2, -0.15) is 0 Å². The Hall–Kier alpha value is -4.77. The lowest BCUT2D eigenvalue weighted by Crippen LogP contribution is -2.25. The molecule has 0 bridgehead atoms. The largest absolute Gasteiger partial charge is 0.470 e. The standard InChI is InChI=1S/C27H25N7O3S/c1-4-37-27-32-21(15-38-27)20-14-29-24(28)23(31-20)17-10-12-18(13-11-17)30-25(35)22-16(2)33(3)34(26(22)36)19-8-6-5-7-9-19/h5-15H,4H2,1-3H3,(H2,28,29)(H,30,35). The fraction of sp³-hybridized carbons (Fsp3) is 0.148. The zero-order valence-corrected chi connectivity index (χ0v) is 21.8. The number of nitrogens with zero attached hydrogens (tertiary/aromatic N) is 5. The second kappa shape index (κ2) is 10.3. The maximum absolute atomic E-state index is 13.1. The van der Waals surface area contributed by atoms with E-state index in [1.165, 1.54) is 16.0 Å². The molecule has 0 saturated heterocycles.